The van der Waals surface area contributed by atoms with Crippen molar-refractivity contribution in [1.82, 2.24) is 0 Å². The van der Waals surface area contributed by atoms with Crippen molar-refractivity contribution < 1.29 is 29.5 Å². The molecule has 2 aliphatic rings. The summed E-state index contributed by atoms with van der Waals surface area (Å²) in [5, 5.41) is 31.3. The van der Waals surface area contributed by atoms with Crippen LogP contribution in [0.25, 0.3) is 0 Å². The standard InChI is InChI=1S/C21H23ClO6/c1-2-26-15-6-3-12(4-7-15)9-13-10-14(5-8-16(13)22)21-20(25)19(24)18(23)17(28-21)11-27-21/h3-8,10,17-20,23-25H,2,9,11H2,1H3/t17-,18-,19+,20-,21+/m1/s1. The first-order chi connectivity index (χ1) is 13.4. The average molecular weight is 407 g/mol. The minimum Gasteiger partial charge on any atom is -0.494 e. The summed E-state index contributed by atoms with van der Waals surface area (Å²) in [4.78, 5) is 0. The lowest BCUT2D eigenvalue weighted by Crippen LogP contribution is -2.58. The van der Waals surface area contributed by atoms with Gasteiger partial charge in [0.2, 0.25) is 5.79 Å². The molecular formula is C21H23ClO6. The van der Waals surface area contributed by atoms with Gasteiger partial charge in [0.15, 0.2) is 0 Å². The summed E-state index contributed by atoms with van der Waals surface area (Å²) in [6.07, 6.45) is -4.09. The SMILES string of the molecule is CCOc1ccc(Cc2cc([C@]34OC[C@@H](O3)[C@@H](O)[C@H](O)[C@H]4O)ccc2Cl)cc1. The van der Waals surface area contributed by atoms with Crippen molar-refractivity contribution in [1.29, 1.82) is 0 Å². The second kappa shape index (κ2) is 7.63. The summed E-state index contributed by atoms with van der Waals surface area (Å²) in [5.41, 5.74) is 2.44. The van der Waals surface area contributed by atoms with Crippen LogP contribution in [0.2, 0.25) is 5.02 Å². The molecule has 6 nitrogen and oxygen atoms in total. The molecule has 2 heterocycles. The molecule has 7 heteroatoms. The van der Waals surface area contributed by atoms with Gasteiger partial charge < -0.3 is 29.5 Å². The topological polar surface area (TPSA) is 88.4 Å². The highest BCUT2D eigenvalue weighted by molar-refractivity contribution is 6.31. The van der Waals surface area contributed by atoms with Crippen molar-refractivity contribution in [2.24, 2.45) is 0 Å². The Morgan fingerprint density at radius 1 is 1.11 bits per heavy atom. The highest BCUT2D eigenvalue weighted by atomic mass is 35.5. The van der Waals surface area contributed by atoms with E-state index in [-0.39, 0.29) is 6.61 Å². The Bertz CT molecular complexity index is 841. The van der Waals surface area contributed by atoms with Gasteiger partial charge in [-0.2, -0.15) is 0 Å². The van der Waals surface area contributed by atoms with Crippen molar-refractivity contribution >= 4 is 11.6 Å². The van der Waals surface area contributed by atoms with Crippen LogP contribution in [0.4, 0.5) is 0 Å². The summed E-state index contributed by atoms with van der Waals surface area (Å²) in [5.74, 6) is -0.705. The normalized spacial score (nSPS) is 31.8. The van der Waals surface area contributed by atoms with Gasteiger partial charge >= 0.3 is 0 Å². The Morgan fingerprint density at radius 3 is 2.57 bits per heavy atom. The number of rotatable bonds is 5. The maximum absolute atomic E-state index is 10.6. The van der Waals surface area contributed by atoms with Crippen molar-refractivity contribution in [3.63, 3.8) is 0 Å². The molecule has 2 aliphatic heterocycles. The number of benzene rings is 2. The van der Waals surface area contributed by atoms with Gasteiger partial charge in [-0.25, -0.2) is 0 Å². The zero-order chi connectivity index (χ0) is 19.9. The van der Waals surface area contributed by atoms with Gasteiger partial charge in [0.05, 0.1) is 13.2 Å². The summed E-state index contributed by atoms with van der Waals surface area (Å²) in [7, 11) is 0. The van der Waals surface area contributed by atoms with Gasteiger partial charge in [-0.1, -0.05) is 29.8 Å². The number of hydrogen-bond donors (Lipinski definition) is 3. The molecule has 0 aromatic heterocycles. The second-order valence-corrected chi connectivity index (χ2v) is 7.53. The third kappa shape index (κ3) is 3.30. The van der Waals surface area contributed by atoms with Crippen molar-refractivity contribution in [3.05, 3.63) is 64.2 Å². The number of halogens is 1. The van der Waals surface area contributed by atoms with E-state index in [0.29, 0.717) is 23.6 Å². The maximum atomic E-state index is 10.6. The third-order valence-corrected chi connectivity index (χ3v) is 5.68. The molecule has 2 bridgehead atoms. The molecule has 0 unspecified atom stereocenters. The maximum Gasteiger partial charge on any atom is 0.225 e. The Kier molecular flexibility index (Phi) is 5.35. The fourth-order valence-corrected chi connectivity index (χ4v) is 3.98. The van der Waals surface area contributed by atoms with Crippen LogP contribution in [-0.2, 0) is 21.7 Å². The van der Waals surface area contributed by atoms with E-state index in [4.69, 9.17) is 25.8 Å². The number of aliphatic hydroxyl groups is 3. The van der Waals surface area contributed by atoms with Gasteiger partial charge in [-0.3, -0.25) is 0 Å². The minimum atomic E-state index is -1.51. The fourth-order valence-electron chi connectivity index (χ4n) is 3.79. The summed E-state index contributed by atoms with van der Waals surface area (Å²) >= 11 is 6.40. The van der Waals surface area contributed by atoms with Crippen LogP contribution in [0.5, 0.6) is 5.75 Å². The molecule has 5 atom stereocenters. The molecule has 4 rings (SSSR count). The molecular weight excluding hydrogens is 384 g/mol. The van der Waals surface area contributed by atoms with E-state index >= 15 is 0 Å². The molecule has 3 N–H and O–H groups in total. The molecule has 0 saturated carbocycles. The monoisotopic (exact) mass is 406 g/mol. The quantitative estimate of drug-likeness (QED) is 0.703. The number of ether oxygens (including phenoxy) is 3. The van der Waals surface area contributed by atoms with Crippen LogP contribution < -0.4 is 4.74 Å². The van der Waals surface area contributed by atoms with Gasteiger partial charge in [0, 0.05) is 10.6 Å². The highest BCUT2D eigenvalue weighted by Gasteiger charge is 2.60. The van der Waals surface area contributed by atoms with E-state index in [1.54, 1.807) is 12.1 Å². The van der Waals surface area contributed by atoms with E-state index in [2.05, 4.69) is 0 Å². The number of hydrogen-bond acceptors (Lipinski definition) is 6. The molecule has 0 radical (unpaired) electrons. The number of aliphatic hydroxyl groups excluding tert-OH is 3. The van der Waals surface area contributed by atoms with Crippen molar-refractivity contribution in [3.8, 4) is 5.75 Å². The molecule has 2 fully saturated rings. The van der Waals surface area contributed by atoms with Crippen LogP contribution in [0, 0.1) is 0 Å². The Hall–Kier alpha value is -1.67. The molecule has 0 amide bonds. The smallest absolute Gasteiger partial charge is 0.225 e. The predicted octanol–water partition coefficient (Wildman–Crippen LogP) is 1.99. The summed E-state index contributed by atoms with van der Waals surface area (Å²) in [6, 6.07) is 13.0. The summed E-state index contributed by atoms with van der Waals surface area (Å²) < 4.78 is 17.0. The second-order valence-electron chi connectivity index (χ2n) is 7.12. The number of fused-ring (bicyclic) bond motifs is 2. The fraction of sp³-hybridized carbons (Fsp3) is 0.429. The van der Waals surface area contributed by atoms with Crippen LogP contribution in [-0.4, -0.2) is 52.9 Å². The molecule has 2 aromatic rings. The molecule has 0 aliphatic carbocycles. The Balaban J connectivity index is 1.62. The lowest BCUT2D eigenvalue weighted by molar-refractivity contribution is -0.302. The van der Waals surface area contributed by atoms with Crippen LogP contribution >= 0.6 is 11.6 Å². The molecule has 2 saturated heterocycles. The Labute approximate surface area is 168 Å². The first-order valence-electron chi connectivity index (χ1n) is 9.31. The predicted molar refractivity (Wildman–Crippen MR) is 102 cm³/mol. The van der Waals surface area contributed by atoms with E-state index in [0.717, 1.165) is 16.9 Å². The zero-order valence-corrected chi connectivity index (χ0v) is 16.2. The van der Waals surface area contributed by atoms with Crippen LogP contribution in [0.15, 0.2) is 42.5 Å². The molecule has 150 valence electrons. The van der Waals surface area contributed by atoms with Crippen LogP contribution in [0.3, 0.4) is 0 Å². The largest absolute Gasteiger partial charge is 0.494 e. The van der Waals surface area contributed by atoms with E-state index in [1.807, 2.05) is 37.3 Å². The lowest BCUT2D eigenvalue weighted by atomic mass is 9.89. The first-order valence-corrected chi connectivity index (χ1v) is 9.69. The molecule has 2 aromatic carbocycles. The lowest BCUT2D eigenvalue weighted by Gasteiger charge is -2.41. The average Bonchev–Trinajstić information content (AvgIpc) is 3.12. The molecule has 28 heavy (non-hydrogen) atoms. The minimum absolute atomic E-state index is 0.0894. The molecule has 0 spiro atoms. The van der Waals surface area contributed by atoms with E-state index < -0.39 is 30.2 Å². The van der Waals surface area contributed by atoms with Gasteiger partial charge in [-0.15, -0.1) is 0 Å². The highest BCUT2D eigenvalue weighted by Crippen LogP contribution is 2.45. The van der Waals surface area contributed by atoms with Gasteiger partial charge in [-0.05, 0) is 48.7 Å². The van der Waals surface area contributed by atoms with Crippen LogP contribution in [0.1, 0.15) is 23.6 Å². The van der Waals surface area contributed by atoms with Gasteiger partial charge in [0.25, 0.3) is 0 Å². The Morgan fingerprint density at radius 2 is 1.86 bits per heavy atom. The van der Waals surface area contributed by atoms with Crippen molar-refractivity contribution in [2.75, 3.05) is 13.2 Å². The third-order valence-electron chi connectivity index (χ3n) is 5.31. The first kappa shape index (κ1) is 19.6. The van der Waals surface area contributed by atoms with E-state index in [1.165, 1.54) is 0 Å². The van der Waals surface area contributed by atoms with Crippen molar-refractivity contribution in [2.45, 2.75) is 43.5 Å². The zero-order valence-electron chi connectivity index (χ0n) is 15.4. The van der Waals surface area contributed by atoms with Gasteiger partial charge in [0.1, 0.15) is 30.2 Å². The summed E-state index contributed by atoms with van der Waals surface area (Å²) in [6.45, 7) is 2.64. The van der Waals surface area contributed by atoms with E-state index in [9.17, 15) is 15.3 Å².